The van der Waals surface area contributed by atoms with Gasteiger partial charge in [-0.25, -0.2) is 4.79 Å². The van der Waals surface area contributed by atoms with Gasteiger partial charge in [0.1, 0.15) is 6.61 Å². The standard InChI is InChI=1S/C18H17ClO4/c1-2-22-16-11-14(8-9-17(20)21)10-15(19)18(16)23-12-13-6-4-3-5-7-13/h3-11H,2,12H2,1H3,(H,20,21). The van der Waals surface area contributed by atoms with Crippen LogP contribution >= 0.6 is 11.6 Å². The van der Waals surface area contributed by atoms with E-state index in [1.54, 1.807) is 12.1 Å². The lowest BCUT2D eigenvalue weighted by Gasteiger charge is -2.14. The highest BCUT2D eigenvalue weighted by Crippen LogP contribution is 2.37. The quantitative estimate of drug-likeness (QED) is 0.763. The number of carboxylic acid groups (broad SMARTS) is 1. The Morgan fingerprint density at radius 1 is 1.22 bits per heavy atom. The maximum absolute atomic E-state index is 10.6. The third-order valence-corrected chi connectivity index (χ3v) is 3.26. The molecule has 0 fully saturated rings. The van der Waals surface area contributed by atoms with Gasteiger partial charge >= 0.3 is 5.97 Å². The van der Waals surface area contributed by atoms with Crippen molar-refractivity contribution in [1.29, 1.82) is 0 Å². The summed E-state index contributed by atoms with van der Waals surface area (Å²) in [5, 5.41) is 9.08. The Kier molecular flexibility index (Phi) is 6.06. The van der Waals surface area contributed by atoms with Gasteiger partial charge in [-0.05, 0) is 36.3 Å². The van der Waals surface area contributed by atoms with E-state index in [1.165, 1.54) is 6.08 Å². The smallest absolute Gasteiger partial charge is 0.328 e. The molecule has 4 nitrogen and oxygen atoms in total. The number of benzene rings is 2. The number of halogens is 1. The first-order valence-corrected chi connectivity index (χ1v) is 7.52. The van der Waals surface area contributed by atoms with Crippen LogP contribution in [0, 0.1) is 0 Å². The summed E-state index contributed by atoms with van der Waals surface area (Å²) in [6, 6.07) is 13.1. The van der Waals surface area contributed by atoms with Gasteiger partial charge in [0.05, 0.1) is 11.6 Å². The van der Waals surface area contributed by atoms with Gasteiger partial charge in [0.25, 0.3) is 0 Å². The first-order chi connectivity index (χ1) is 11.1. The van der Waals surface area contributed by atoms with E-state index in [1.807, 2.05) is 37.3 Å². The molecule has 0 aromatic heterocycles. The summed E-state index contributed by atoms with van der Waals surface area (Å²) in [5.74, 6) is -0.0886. The Hall–Kier alpha value is -2.46. The van der Waals surface area contributed by atoms with E-state index in [0.29, 0.717) is 35.3 Å². The topological polar surface area (TPSA) is 55.8 Å². The van der Waals surface area contributed by atoms with E-state index >= 15 is 0 Å². The van der Waals surface area contributed by atoms with E-state index in [2.05, 4.69) is 0 Å². The van der Waals surface area contributed by atoms with Crippen LogP contribution in [0.1, 0.15) is 18.1 Å². The molecule has 0 saturated heterocycles. The number of carbonyl (C=O) groups is 1. The molecular weight excluding hydrogens is 316 g/mol. The predicted molar refractivity (Wildman–Crippen MR) is 90.1 cm³/mol. The van der Waals surface area contributed by atoms with Crippen LogP contribution in [0.5, 0.6) is 11.5 Å². The van der Waals surface area contributed by atoms with Crippen LogP contribution in [-0.2, 0) is 11.4 Å². The first kappa shape index (κ1) is 16.9. The van der Waals surface area contributed by atoms with Crippen molar-refractivity contribution in [3.8, 4) is 11.5 Å². The fourth-order valence-corrected chi connectivity index (χ4v) is 2.26. The average molecular weight is 333 g/mol. The van der Waals surface area contributed by atoms with Crippen molar-refractivity contribution in [3.63, 3.8) is 0 Å². The molecule has 120 valence electrons. The normalized spacial score (nSPS) is 10.7. The lowest BCUT2D eigenvalue weighted by Crippen LogP contribution is -2.01. The van der Waals surface area contributed by atoms with Crippen molar-refractivity contribution < 1.29 is 19.4 Å². The highest BCUT2D eigenvalue weighted by Gasteiger charge is 2.12. The molecule has 2 aromatic rings. The summed E-state index contributed by atoms with van der Waals surface area (Å²) >= 11 is 6.27. The van der Waals surface area contributed by atoms with Crippen LogP contribution in [0.3, 0.4) is 0 Å². The fraction of sp³-hybridized carbons (Fsp3) is 0.167. The molecule has 0 aliphatic heterocycles. The molecule has 0 amide bonds. The van der Waals surface area contributed by atoms with Crippen molar-refractivity contribution in [2.45, 2.75) is 13.5 Å². The SMILES string of the molecule is CCOc1cc(C=CC(=O)O)cc(Cl)c1OCc1ccccc1. The summed E-state index contributed by atoms with van der Waals surface area (Å²) in [6.07, 6.45) is 2.50. The molecule has 5 heteroatoms. The zero-order valence-electron chi connectivity index (χ0n) is 12.7. The molecular formula is C18H17ClO4. The van der Waals surface area contributed by atoms with Gasteiger partial charge in [-0.1, -0.05) is 41.9 Å². The van der Waals surface area contributed by atoms with Gasteiger partial charge in [0, 0.05) is 6.08 Å². The van der Waals surface area contributed by atoms with Gasteiger partial charge in [0.15, 0.2) is 11.5 Å². The molecule has 0 spiro atoms. The van der Waals surface area contributed by atoms with Crippen molar-refractivity contribution in [3.05, 3.63) is 64.7 Å². The molecule has 0 aliphatic rings. The Balaban J connectivity index is 2.25. The molecule has 0 atom stereocenters. The van der Waals surface area contributed by atoms with E-state index in [0.717, 1.165) is 11.6 Å². The van der Waals surface area contributed by atoms with Crippen LogP contribution < -0.4 is 9.47 Å². The minimum Gasteiger partial charge on any atom is -0.490 e. The highest BCUT2D eigenvalue weighted by atomic mass is 35.5. The third-order valence-electron chi connectivity index (χ3n) is 2.98. The molecule has 0 aliphatic carbocycles. The number of carboxylic acids is 1. The van der Waals surface area contributed by atoms with Gasteiger partial charge in [-0.3, -0.25) is 0 Å². The molecule has 0 radical (unpaired) electrons. The van der Waals surface area contributed by atoms with E-state index in [-0.39, 0.29) is 0 Å². The summed E-state index contributed by atoms with van der Waals surface area (Å²) in [4.78, 5) is 10.6. The lowest BCUT2D eigenvalue weighted by molar-refractivity contribution is -0.131. The van der Waals surface area contributed by atoms with Gasteiger partial charge < -0.3 is 14.6 Å². The molecule has 2 rings (SSSR count). The second-order valence-corrected chi connectivity index (χ2v) is 5.12. The number of ether oxygens (including phenoxy) is 2. The minimum absolute atomic E-state index is 0.366. The maximum Gasteiger partial charge on any atom is 0.328 e. The molecule has 1 N–H and O–H groups in total. The largest absolute Gasteiger partial charge is 0.490 e. The third kappa shape index (κ3) is 5.04. The second-order valence-electron chi connectivity index (χ2n) is 4.71. The molecule has 0 heterocycles. The van der Waals surface area contributed by atoms with Crippen LogP contribution in [-0.4, -0.2) is 17.7 Å². The van der Waals surface area contributed by atoms with Gasteiger partial charge in [-0.15, -0.1) is 0 Å². The average Bonchev–Trinajstić information content (AvgIpc) is 2.53. The van der Waals surface area contributed by atoms with E-state index < -0.39 is 5.97 Å². The van der Waals surface area contributed by atoms with Crippen molar-refractivity contribution in [1.82, 2.24) is 0 Å². The van der Waals surface area contributed by atoms with E-state index in [4.69, 9.17) is 26.2 Å². The number of aliphatic carboxylic acids is 1. The first-order valence-electron chi connectivity index (χ1n) is 7.14. The summed E-state index contributed by atoms with van der Waals surface area (Å²) in [7, 11) is 0. The highest BCUT2D eigenvalue weighted by molar-refractivity contribution is 6.32. The van der Waals surface area contributed by atoms with Crippen LogP contribution in [0.4, 0.5) is 0 Å². The van der Waals surface area contributed by atoms with Crippen LogP contribution in [0.15, 0.2) is 48.5 Å². The minimum atomic E-state index is -1.02. The zero-order chi connectivity index (χ0) is 16.7. The summed E-state index contributed by atoms with van der Waals surface area (Å²) in [5.41, 5.74) is 1.65. The number of rotatable bonds is 7. The Bertz CT molecular complexity index is 696. The predicted octanol–water partition coefficient (Wildman–Crippen LogP) is 4.42. The van der Waals surface area contributed by atoms with Gasteiger partial charge in [-0.2, -0.15) is 0 Å². The number of hydrogen-bond acceptors (Lipinski definition) is 3. The Morgan fingerprint density at radius 2 is 1.96 bits per heavy atom. The molecule has 0 unspecified atom stereocenters. The zero-order valence-corrected chi connectivity index (χ0v) is 13.4. The van der Waals surface area contributed by atoms with E-state index in [9.17, 15) is 4.79 Å². The van der Waals surface area contributed by atoms with Crippen LogP contribution in [0.2, 0.25) is 5.02 Å². The van der Waals surface area contributed by atoms with Crippen LogP contribution in [0.25, 0.3) is 6.08 Å². The fourth-order valence-electron chi connectivity index (χ4n) is 1.98. The molecule has 23 heavy (non-hydrogen) atoms. The lowest BCUT2D eigenvalue weighted by atomic mass is 10.2. The van der Waals surface area contributed by atoms with Crippen molar-refractivity contribution in [2.24, 2.45) is 0 Å². The molecule has 2 aromatic carbocycles. The van der Waals surface area contributed by atoms with Gasteiger partial charge in [0.2, 0.25) is 0 Å². The number of hydrogen-bond donors (Lipinski definition) is 1. The molecule has 0 saturated carbocycles. The summed E-state index contributed by atoms with van der Waals surface area (Å²) in [6.45, 7) is 2.67. The summed E-state index contributed by atoms with van der Waals surface area (Å²) < 4.78 is 11.4. The van der Waals surface area contributed by atoms with Crippen molar-refractivity contribution in [2.75, 3.05) is 6.61 Å². The maximum atomic E-state index is 10.6. The second kappa shape index (κ2) is 8.25. The Labute approximate surface area is 139 Å². The monoisotopic (exact) mass is 332 g/mol. The Morgan fingerprint density at radius 3 is 2.61 bits per heavy atom. The molecule has 0 bridgehead atoms. The van der Waals surface area contributed by atoms with Crippen molar-refractivity contribution >= 4 is 23.6 Å².